The Morgan fingerprint density at radius 1 is 1.53 bits per heavy atom. The molecule has 0 aromatic carbocycles. The van der Waals surface area contributed by atoms with E-state index in [1.54, 1.807) is 29.3 Å². The molecule has 0 unspecified atom stereocenters. The molecular weight excluding hydrogens is 226 g/mol. The van der Waals surface area contributed by atoms with Gasteiger partial charge in [0.15, 0.2) is 4.34 Å². The van der Waals surface area contributed by atoms with E-state index >= 15 is 0 Å². The van der Waals surface area contributed by atoms with Gasteiger partial charge < -0.3 is 5.73 Å². The van der Waals surface area contributed by atoms with Gasteiger partial charge in [-0.05, 0) is 36.4 Å². The van der Waals surface area contributed by atoms with Crippen molar-refractivity contribution in [3.05, 3.63) is 35.0 Å². The second-order valence-electron chi connectivity index (χ2n) is 3.06. The number of rotatable bonds is 3. The van der Waals surface area contributed by atoms with E-state index < -0.39 is 0 Å². The van der Waals surface area contributed by atoms with Gasteiger partial charge in [0.25, 0.3) is 0 Å². The monoisotopic (exact) mass is 237 g/mol. The van der Waals surface area contributed by atoms with Gasteiger partial charge >= 0.3 is 0 Å². The summed E-state index contributed by atoms with van der Waals surface area (Å²) in [5.41, 5.74) is 7.72. The predicted octanol–water partition coefficient (Wildman–Crippen LogP) is 2.46. The first-order valence-corrected chi connectivity index (χ1v) is 6.22. The molecule has 0 aliphatic heterocycles. The maximum Gasteiger partial charge on any atom is 0.156 e. The van der Waals surface area contributed by atoms with Gasteiger partial charge in [-0.2, -0.15) is 0 Å². The van der Waals surface area contributed by atoms with E-state index in [4.69, 9.17) is 5.73 Å². The van der Waals surface area contributed by atoms with Crippen molar-refractivity contribution < 1.29 is 0 Å². The Balaban J connectivity index is 2.16. The minimum absolute atomic E-state index is 0.549. The lowest BCUT2D eigenvalue weighted by atomic mass is 10.3. The third kappa shape index (κ3) is 2.77. The van der Waals surface area contributed by atoms with Crippen LogP contribution >= 0.6 is 23.1 Å². The van der Waals surface area contributed by atoms with Crippen molar-refractivity contribution in [2.24, 2.45) is 5.73 Å². The van der Waals surface area contributed by atoms with E-state index in [2.05, 4.69) is 9.97 Å². The largest absolute Gasteiger partial charge is 0.326 e. The van der Waals surface area contributed by atoms with Crippen LogP contribution in [0.3, 0.4) is 0 Å². The van der Waals surface area contributed by atoms with Gasteiger partial charge in [0, 0.05) is 23.8 Å². The molecule has 78 valence electrons. The van der Waals surface area contributed by atoms with Gasteiger partial charge in [0.05, 0.1) is 0 Å². The van der Waals surface area contributed by atoms with Crippen LogP contribution in [0.5, 0.6) is 0 Å². The van der Waals surface area contributed by atoms with E-state index in [-0.39, 0.29) is 0 Å². The molecule has 0 radical (unpaired) electrons. The van der Waals surface area contributed by atoms with Crippen LogP contribution < -0.4 is 5.73 Å². The SMILES string of the molecule is Cc1csc(Sc2cc(CN)ccn2)n1. The molecule has 0 aliphatic carbocycles. The number of nitrogens with zero attached hydrogens (tertiary/aromatic N) is 2. The van der Waals surface area contributed by atoms with Crippen LogP contribution in [0, 0.1) is 6.92 Å². The fraction of sp³-hybridized carbons (Fsp3) is 0.200. The first-order valence-electron chi connectivity index (χ1n) is 4.53. The molecule has 0 saturated carbocycles. The highest BCUT2D eigenvalue weighted by Gasteiger charge is 2.03. The first kappa shape index (κ1) is 10.6. The topological polar surface area (TPSA) is 51.8 Å². The number of pyridine rings is 1. The van der Waals surface area contributed by atoms with Crippen LogP contribution in [0.4, 0.5) is 0 Å². The molecule has 0 fully saturated rings. The Bertz CT molecular complexity index is 453. The fourth-order valence-corrected chi connectivity index (χ4v) is 2.91. The first-order chi connectivity index (χ1) is 7.28. The van der Waals surface area contributed by atoms with Crippen LogP contribution in [0.2, 0.25) is 0 Å². The molecule has 2 rings (SSSR count). The van der Waals surface area contributed by atoms with Gasteiger partial charge in [0.1, 0.15) is 5.03 Å². The lowest BCUT2D eigenvalue weighted by molar-refractivity contribution is 1.02. The number of hydrogen-bond acceptors (Lipinski definition) is 5. The summed E-state index contributed by atoms with van der Waals surface area (Å²) in [6.45, 7) is 2.54. The lowest BCUT2D eigenvalue weighted by Crippen LogP contribution is -1.96. The molecule has 0 bridgehead atoms. The van der Waals surface area contributed by atoms with Crippen molar-refractivity contribution in [1.82, 2.24) is 9.97 Å². The van der Waals surface area contributed by atoms with Crippen LogP contribution in [-0.4, -0.2) is 9.97 Å². The highest BCUT2D eigenvalue weighted by Crippen LogP contribution is 2.28. The molecular formula is C10H11N3S2. The fourth-order valence-electron chi connectivity index (χ4n) is 1.10. The Labute approximate surface area is 96.8 Å². The van der Waals surface area contributed by atoms with Gasteiger partial charge in [0.2, 0.25) is 0 Å². The van der Waals surface area contributed by atoms with Crippen molar-refractivity contribution in [3.8, 4) is 0 Å². The summed E-state index contributed by atoms with van der Waals surface area (Å²) in [5.74, 6) is 0. The van der Waals surface area contributed by atoms with Gasteiger partial charge in [-0.15, -0.1) is 11.3 Å². The van der Waals surface area contributed by atoms with Crippen molar-refractivity contribution in [1.29, 1.82) is 0 Å². The summed E-state index contributed by atoms with van der Waals surface area (Å²) in [6, 6.07) is 3.93. The number of aryl methyl sites for hydroxylation is 1. The molecule has 2 N–H and O–H groups in total. The Hall–Kier alpha value is -0.910. The van der Waals surface area contributed by atoms with E-state index in [0.717, 1.165) is 20.6 Å². The second kappa shape index (κ2) is 4.74. The van der Waals surface area contributed by atoms with Crippen LogP contribution in [0.1, 0.15) is 11.3 Å². The Morgan fingerprint density at radius 2 is 2.40 bits per heavy atom. The average molecular weight is 237 g/mol. The smallest absolute Gasteiger partial charge is 0.156 e. The van der Waals surface area contributed by atoms with Crippen LogP contribution in [0.15, 0.2) is 33.1 Å². The third-order valence-electron chi connectivity index (χ3n) is 1.82. The molecule has 0 amide bonds. The summed E-state index contributed by atoms with van der Waals surface area (Å²) in [7, 11) is 0. The number of aromatic nitrogens is 2. The van der Waals surface area contributed by atoms with Crippen LogP contribution in [-0.2, 0) is 6.54 Å². The number of hydrogen-bond donors (Lipinski definition) is 1. The zero-order valence-electron chi connectivity index (χ0n) is 8.30. The van der Waals surface area contributed by atoms with E-state index in [1.807, 2.05) is 24.4 Å². The normalized spacial score (nSPS) is 10.5. The highest BCUT2D eigenvalue weighted by molar-refractivity contribution is 8.01. The quantitative estimate of drug-likeness (QED) is 0.891. The molecule has 15 heavy (non-hydrogen) atoms. The molecule has 2 heterocycles. The van der Waals surface area contributed by atoms with Gasteiger partial charge in [-0.1, -0.05) is 0 Å². The summed E-state index contributed by atoms with van der Waals surface area (Å²) >= 11 is 3.22. The maximum absolute atomic E-state index is 5.57. The molecule has 2 aromatic heterocycles. The summed E-state index contributed by atoms with van der Waals surface area (Å²) in [4.78, 5) is 8.64. The van der Waals surface area contributed by atoms with Crippen molar-refractivity contribution in [2.75, 3.05) is 0 Å². The van der Waals surface area contributed by atoms with E-state index in [9.17, 15) is 0 Å². The summed E-state index contributed by atoms with van der Waals surface area (Å²) < 4.78 is 1.02. The summed E-state index contributed by atoms with van der Waals surface area (Å²) in [5, 5.41) is 2.99. The van der Waals surface area contributed by atoms with Crippen molar-refractivity contribution >= 4 is 23.1 Å². The molecule has 0 aliphatic rings. The maximum atomic E-state index is 5.57. The Kier molecular flexibility index (Phi) is 3.35. The minimum Gasteiger partial charge on any atom is -0.326 e. The molecule has 0 spiro atoms. The molecule has 2 aromatic rings. The zero-order valence-corrected chi connectivity index (χ0v) is 9.94. The standard InChI is InChI=1S/C10H11N3S2/c1-7-6-14-10(13-7)15-9-4-8(5-11)2-3-12-9/h2-4,6H,5,11H2,1H3. The van der Waals surface area contributed by atoms with Gasteiger partial charge in [-0.25, -0.2) is 9.97 Å². The third-order valence-corrected chi connectivity index (χ3v) is 3.81. The molecule has 0 saturated heterocycles. The minimum atomic E-state index is 0.549. The molecule has 5 heteroatoms. The second-order valence-corrected chi connectivity index (χ2v) is 5.19. The average Bonchev–Trinajstić information content (AvgIpc) is 2.64. The zero-order chi connectivity index (χ0) is 10.7. The van der Waals surface area contributed by atoms with E-state index in [1.165, 1.54) is 0 Å². The predicted molar refractivity (Wildman–Crippen MR) is 63.1 cm³/mol. The van der Waals surface area contributed by atoms with Crippen molar-refractivity contribution in [3.63, 3.8) is 0 Å². The Morgan fingerprint density at radius 3 is 3.07 bits per heavy atom. The lowest BCUT2D eigenvalue weighted by Gasteiger charge is -1.99. The van der Waals surface area contributed by atoms with Gasteiger partial charge in [-0.3, -0.25) is 0 Å². The highest BCUT2D eigenvalue weighted by atomic mass is 32.2. The molecule has 0 atom stereocenters. The number of nitrogens with two attached hydrogens (primary N) is 1. The van der Waals surface area contributed by atoms with E-state index in [0.29, 0.717) is 6.54 Å². The van der Waals surface area contributed by atoms with Crippen LogP contribution in [0.25, 0.3) is 0 Å². The summed E-state index contributed by atoms with van der Waals surface area (Å²) in [6.07, 6.45) is 1.78. The number of thiazole rings is 1. The molecule has 3 nitrogen and oxygen atoms in total. The van der Waals surface area contributed by atoms with Crippen molar-refractivity contribution in [2.45, 2.75) is 22.8 Å².